The number of carbonyl (C=O) groups is 3. The molecule has 1 N–H and O–H groups in total. The normalized spacial score (nSPS) is 12.4. The third-order valence-electron chi connectivity index (χ3n) is 14.1. The molecule has 2 atom stereocenters. The van der Waals surface area contributed by atoms with E-state index in [0.717, 1.165) is 51.4 Å². The van der Waals surface area contributed by atoms with Gasteiger partial charge in [-0.2, -0.15) is 0 Å². The van der Waals surface area contributed by atoms with Gasteiger partial charge in [0.15, 0.2) is 6.10 Å². The van der Waals surface area contributed by atoms with E-state index in [1.54, 1.807) is 0 Å². The number of aliphatic hydroxyl groups is 1. The van der Waals surface area contributed by atoms with E-state index in [9.17, 15) is 19.5 Å². The van der Waals surface area contributed by atoms with Gasteiger partial charge in [-0.15, -0.1) is 0 Å². The van der Waals surface area contributed by atoms with Crippen molar-refractivity contribution in [2.24, 2.45) is 5.92 Å². The Morgan fingerprint density at radius 3 is 0.716 bits per heavy atom. The molecule has 0 saturated carbocycles. The molecule has 0 aliphatic heterocycles. The minimum absolute atomic E-state index is 0.193. The van der Waals surface area contributed by atoms with Crippen molar-refractivity contribution in [2.45, 2.75) is 341 Å². The van der Waals surface area contributed by atoms with Crippen molar-refractivity contribution >= 4 is 17.9 Å². The molecule has 0 aromatic carbocycles. The molecule has 0 saturated heterocycles. The minimum Gasteiger partial charge on any atom is -0.466 e. The second-order valence-electron chi connectivity index (χ2n) is 20.7. The molecule has 0 spiro atoms. The lowest BCUT2D eigenvalue weighted by molar-refractivity contribution is -0.170. The summed E-state index contributed by atoms with van der Waals surface area (Å²) < 4.78 is 16.5. The molecular weight excluding hydrogens is 833 g/mol. The van der Waals surface area contributed by atoms with Crippen molar-refractivity contribution in [3.8, 4) is 0 Å². The Balaban J connectivity index is 4.42. The van der Waals surface area contributed by atoms with E-state index in [2.05, 4.69) is 20.8 Å². The first-order valence-electron chi connectivity index (χ1n) is 30.1. The van der Waals surface area contributed by atoms with Gasteiger partial charge in [0.2, 0.25) is 0 Å². The van der Waals surface area contributed by atoms with Gasteiger partial charge >= 0.3 is 17.9 Å². The highest BCUT2D eigenvalue weighted by molar-refractivity contribution is 5.87. The molecule has 0 rings (SSSR count). The van der Waals surface area contributed by atoms with Crippen molar-refractivity contribution in [3.05, 3.63) is 0 Å². The van der Waals surface area contributed by atoms with Crippen LogP contribution in [0, 0.1) is 5.92 Å². The third-order valence-corrected chi connectivity index (χ3v) is 14.1. The average molecular weight is 950 g/mol. The minimum atomic E-state index is -1.76. The van der Waals surface area contributed by atoms with Gasteiger partial charge in [-0.3, -0.25) is 9.59 Å². The molecule has 0 amide bonds. The van der Waals surface area contributed by atoms with E-state index in [0.29, 0.717) is 6.42 Å². The second kappa shape index (κ2) is 55.3. The summed E-state index contributed by atoms with van der Waals surface area (Å²) in [5, 5.41) is 11.0. The van der Waals surface area contributed by atoms with Crippen LogP contribution >= 0.6 is 0 Å². The number of esters is 3. The Morgan fingerprint density at radius 2 is 0.478 bits per heavy atom. The summed E-state index contributed by atoms with van der Waals surface area (Å²) in [4.78, 5) is 39.1. The van der Waals surface area contributed by atoms with Gasteiger partial charge in [0.05, 0.1) is 26.2 Å². The van der Waals surface area contributed by atoms with E-state index in [-0.39, 0.29) is 19.8 Å². The van der Waals surface area contributed by atoms with Crippen LogP contribution in [0.3, 0.4) is 0 Å². The molecular formula is C60H116O7. The molecule has 0 aliphatic carbocycles. The van der Waals surface area contributed by atoms with Gasteiger partial charge in [-0.05, 0) is 19.3 Å². The molecule has 0 heterocycles. The summed E-state index contributed by atoms with van der Waals surface area (Å²) in [6.07, 6.45) is 58.6. The maximum atomic E-state index is 13.3. The van der Waals surface area contributed by atoms with Crippen molar-refractivity contribution < 1.29 is 33.7 Å². The third kappa shape index (κ3) is 49.2. The number of rotatable bonds is 56. The maximum Gasteiger partial charge on any atom is 0.335 e. The quantitative estimate of drug-likeness (QED) is 0.0368. The zero-order valence-corrected chi connectivity index (χ0v) is 45.3. The van der Waals surface area contributed by atoms with E-state index >= 15 is 0 Å². The topological polar surface area (TPSA) is 99.1 Å². The highest BCUT2D eigenvalue weighted by Gasteiger charge is 2.37. The van der Waals surface area contributed by atoms with Crippen LogP contribution in [0.15, 0.2) is 0 Å². The van der Waals surface area contributed by atoms with Crippen molar-refractivity contribution in [3.63, 3.8) is 0 Å². The lowest BCUT2D eigenvalue weighted by Crippen LogP contribution is -2.39. The summed E-state index contributed by atoms with van der Waals surface area (Å²) in [6.45, 7) is 7.50. The van der Waals surface area contributed by atoms with Gasteiger partial charge in [-0.1, -0.05) is 310 Å². The number of unbranched alkanes of at least 4 members (excludes halogenated alkanes) is 45. The Morgan fingerprint density at radius 1 is 0.284 bits per heavy atom. The van der Waals surface area contributed by atoms with Crippen LogP contribution in [0.25, 0.3) is 0 Å². The second-order valence-corrected chi connectivity index (χ2v) is 20.7. The van der Waals surface area contributed by atoms with Gasteiger partial charge in [-0.25, -0.2) is 4.79 Å². The SMILES string of the molecule is CCCCCCCCCCCCCCCCCCOC(=O)CC(C(=O)OCCCCCCCCCCCCCCCCCC)C(O)C(=O)OCCCCCCCCCCCCCCCCCC. The zero-order valence-electron chi connectivity index (χ0n) is 45.3. The van der Waals surface area contributed by atoms with Crippen LogP contribution in [0.2, 0.25) is 0 Å². The van der Waals surface area contributed by atoms with Gasteiger partial charge < -0.3 is 19.3 Å². The number of hydrogen-bond donors (Lipinski definition) is 1. The first-order valence-corrected chi connectivity index (χ1v) is 30.1. The van der Waals surface area contributed by atoms with Crippen LogP contribution in [0.1, 0.15) is 335 Å². The van der Waals surface area contributed by atoms with Gasteiger partial charge in [0, 0.05) is 0 Å². The molecule has 7 nitrogen and oxygen atoms in total. The molecule has 0 aromatic rings. The number of aliphatic hydroxyl groups excluding tert-OH is 1. The molecule has 0 aliphatic rings. The molecule has 0 aromatic heterocycles. The Labute approximate surface area is 417 Å². The Hall–Kier alpha value is -1.63. The summed E-state index contributed by atoms with van der Waals surface area (Å²) in [6, 6.07) is 0. The molecule has 2 unspecified atom stereocenters. The molecule has 0 fully saturated rings. The lowest BCUT2D eigenvalue weighted by Gasteiger charge is -2.20. The molecule has 67 heavy (non-hydrogen) atoms. The number of carbonyl (C=O) groups excluding carboxylic acids is 3. The monoisotopic (exact) mass is 949 g/mol. The first-order chi connectivity index (χ1) is 33.0. The predicted octanol–water partition coefficient (Wildman–Crippen LogP) is 18.8. The van der Waals surface area contributed by atoms with E-state index in [1.807, 2.05) is 0 Å². The maximum absolute atomic E-state index is 13.3. The molecule has 7 heteroatoms. The molecule has 0 radical (unpaired) electrons. The fourth-order valence-corrected chi connectivity index (χ4v) is 9.40. The fourth-order valence-electron chi connectivity index (χ4n) is 9.40. The smallest absolute Gasteiger partial charge is 0.335 e. The fraction of sp³-hybridized carbons (Fsp3) is 0.950. The first kappa shape index (κ1) is 65.4. The summed E-state index contributed by atoms with van der Waals surface area (Å²) in [7, 11) is 0. The zero-order chi connectivity index (χ0) is 48.8. The summed E-state index contributed by atoms with van der Waals surface area (Å²) in [5.41, 5.74) is 0. The van der Waals surface area contributed by atoms with Crippen LogP contribution < -0.4 is 0 Å². The van der Waals surface area contributed by atoms with Crippen molar-refractivity contribution in [1.82, 2.24) is 0 Å². The average Bonchev–Trinajstić information content (AvgIpc) is 3.33. The lowest BCUT2D eigenvalue weighted by atomic mass is 9.98. The largest absolute Gasteiger partial charge is 0.466 e. The van der Waals surface area contributed by atoms with Crippen molar-refractivity contribution in [2.75, 3.05) is 19.8 Å². The highest BCUT2D eigenvalue weighted by atomic mass is 16.6. The van der Waals surface area contributed by atoms with Gasteiger partial charge in [0.25, 0.3) is 0 Å². The van der Waals surface area contributed by atoms with Crippen LogP contribution in [-0.4, -0.2) is 48.9 Å². The molecule has 0 bridgehead atoms. The van der Waals surface area contributed by atoms with E-state index < -0.39 is 36.4 Å². The number of hydrogen-bond acceptors (Lipinski definition) is 7. The molecule has 398 valence electrons. The Kier molecular flexibility index (Phi) is 54.0. The highest BCUT2D eigenvalue weighted by Crippen LogP contribution is 2.19. The van der Waals surface area contributed by atoms with Crippen molar-refractivity contribution in [1.29, 1.82) is 0 Å². The van der Waals surface area contributed by atoms with E-state index in [1.165, 1.54) is 250 Å². The summed E-state index contributed by atoms with van der Waals surface area (Å²) in [5.74, 6) is -3.52. The number of ether oxygens (including phenoxy) is 3. The summed E-state index contributed by atoms with van der Waals surface area (Å²) >= 11 is 0. The predicted molar refractivity (Wildman–Crippen MR) is 286 cm³/mol. The van der Waals surface area contributed by atoms with Crippen LogP contribution in [-0.2, 0) is 28.6 Å². The van der Waals surface area contributed by atoms with Crippen LogP contribution in [0.4, 0.5) is 0 Å². The van der Waals surface area contributed by atoms with E-state index in [4.69, 9.17) is 14.2 Å². The Bertz CT molecular complexity index is 1020. The standard InChI is InChI=1S/C60H116O7/c1-4-7-10-13-16-19-22-25-28-31-34-37-40-43-46-49-52-65-57(61)55-56(59(63)66-53-50-47-44-41-38-35-32-29-26-23-20-17-14-11-8-5-2)58(62)60(64)67-54-51-48-45-42-39-36-33-30-27-24-21-18-15-12-9-6-3/h56,58,62H,4-55H2,1-3H3. The van der Waals surface area contributed by atoms with Crippen LogP contribution in [0.5, 0.6) is 0 Å². The van der Waals surface area contributed by atoms with Gasteiger partial charge in [0.1, 0.15) is 5.92 Å².